The van der Waals surface area contributed by atoms with E-state index in [-0.39, 0.29) is 5.41 Å². The lowest BCUT2D eigenvalue weighted by molar-refractivity contribution is 0.254. The van der Waals surface area contributed by atoms with E-state index >= 15 is 0 Å². The first-order chi connectivity index (χ1) is 8.89. The Morgan fingerprint density at radius 1 is 1.32 bits per heavy atom. The zero-order valence-electron chi connectivity index (χ0n) is 12.0. The predicted octanol–water partition coefficient (Wildman–Crippen LogP) is 4.17. The molecular weight excluding hydrogens is 300 g/mol. The molecule has 1 aliphatic heterocycles. The topological polar surface area (TPSA) is 17.0 Å². The highest BCUT2D eigenvalue weighted by Gasteiger charge is 2.33. The Kier molecular flexibility index (Phi) is 3.02. The van der Waals surface area contributed by atoms with Crippen molar-refractivity contribution in [2.45, 2.75) is 33.2 Å². The maximum absolute atomic E-state index is 3.70. The summed E-state index contributed by atoms with van der Waals surface area (Å²) < 4.78 is 3.52. The van der Waals surface area contributed by atoms with E-state index in [1.807, 2.05) is 0 Å². The molecule has 1 aromatic carbocycles. The molecule has 19 heavy (non-hydrogen) atoms. The summed E-state index contributed by atoms with van der Waals surface area (Å²) in [7, 11) is 2.19. The van der Waals surface area contributed by atoms with Gasteiger partial charge in [-0.15, -0.1) is 0 Å². The van der Waals surface area contributed by atoms with Gasteiger partial charge in [-0.1, -0.05) is 42.8 Å². The van der Waals surface area contributed by atoms with Gasteiger partial charge in [0.05, 0.1) is 6.04 Å². The van der Waals surface area contributed by atoms with Gasteiger partial charge in [-0.25, -0.2) is 0 Å². The third kappa shape index (κ3) is 2.03. The Morgan fingerprint density at radius 2 is 2.05 bits per heavy atom. The lowest BCUT2D eigenvalue weighted by atomic mass is 9.81. The molecule has 0 fully saturated rings. The predicted molar refractivity (Wildman–Crippen MR) is 84.5 cm³/mol. The quantitative estimate of drug-likeness (QED) is 0.770. The van der Waals surface area contributed by atoms with Crippen molar-refractivity contribution in [2.75, 3.05) is 6.54 Å². The van der Waals surface area contributed by atoms with Gasteiger partial charge in [0.25, 0.3) is 0 Å². The maximum Gasteiger partial charge on any atom is 0.0527 e. The smallest absolute Gasteiger partial charge is 0.0527 e. The summed E-state index contributed by atoms with van der Waals surface area (Å²) in [5.41, 5.74) is 4.56. The second kappa shape index (κ2) is 4.35. The highest BCUT2D eigenvalue weighted by Crippen LogP contribution is 2.41. The molecule has 0 saturated carbocycles. The number of hydrogen-bond donors (Lipinski definition) is 1. The number of hydrogen-bond acceptors (Lipinski definition) is 1. The standard InChI is InChI=1S/C16H21BrN2/c1-16(2,3)15-14-12(7-8-18-15)11-6-5-10(17)9-13(11)19(14)4/h5-6,9,15,18H,7-8H2,1-4H3. The fraction of sp³-hybridized carbons (Fsp3) is 0.500. The number of halogens is 1. The summed E-state index contributed by atoms with van der Waals surface area (Å²) in [5.74, 6) is 0. The van der Waals surface area contributed by atoms with Gasteiger partial charge < -0.3 is 9.88 Å². The van der Waals surface area contributed by atoms with Crippen LogP contribution in [0.2, 0.25) is 0 Å². The zero-order chi connectivity index (χ0) is 13.8. The molecule has 0 saturated heterocycles. The lowest BCUT2D eigenvalue weighted by Gasteiger charge is -2.36. The normalized spacial score (nSPS) is 19.7. The molecule has 2 nitrogen and oxygen atoms in total. The van der Waals surface area contributed by atoms with Crippen LogP contribution in [0.15, 0.2) is 22.7 Å². The Balaban J connectivity index is 2.30. The average molecular weight is 321 g/mol. The number of nitrogens with zero attached hydrogens (tertiary/aromatic N) is 1. The molecule has 0 spiro atoms. The van der Waals surface area contributed by atoms with Gasteiger partial charge in [0.15, 0.2) is 0 Å². The first kappa shape index (κ1) is 13.2. The van der Waals surface area contributed by atoms with E-state index < -0.39 is 0 Å². The fourth-order valence-corrected chi connectivity index (χ4v) is 3.64. The summed E-state index contributed by atoms with van der Waals surface area (Å²) in [6, 6.07) is 7.06. The van der Waals surface area contributed by atoms with Gasteiger partial charge in [0, 0.05) is 28.1 Å². The second-order valence-corrected chi connectivity index (χ2v) is 7.50. The maximum atomic E-state index is 3.70. The summed E-state index contributed by atoms with van der Waals surface area (Å²) in [4.78, 5) is 0. The van der Waals surface area contributed by atoms with Crippen LogP contribution in [0.4, 0.5) is 0 Å². The minimum atomic E-state index is 0.231. The van der Waals surface area contributed by atoms with Gasteiger partial charge in [0.1, 0.15) is 0 Å². The van der Waals surface area contributed by atoms with E-state index in [2.05, 4.69) is 71.8 Å². The van der Waals surface area contributed by atoms with Crippen LogP contribution in [0.5, 0.6) is 0 Å². The molecule has 1 atom stereocenters. The SMILES string of the molecule is Cn1c2c(c3ccc(Br)cc31)CCNC2C(C)(C)C. The number of benzene rings is 1. The minimum Gasteiger partial charge on any atom is -0.346 e. The van der Waals surface area contributed by atoms with E-state index in [0.717, 1.165) is 17.4 Å². The Labute approximate surface area is 123 Å². The molecule has 0 bridgehead atoms. The van der Waals surface area contributed by atoms with Gasteiger partial charge in [-0.05, 0) is 36.1 Å². The van der Waals surface area contributed by atoms with E-state index in [0.29, 0.717) is 6.04 Å². The van der Waals surface area contributed by atoms with Crippen LogP contribution in [-0.2, 0) is 13.5 Å². The third-order valence-electron chi connectivity index (χ3n) is 4.18. The van der Waals surface area contributed by atoms with Crippen LogP contribution in [0.3, 0.4) is 0 Å². The molecule has 0 amide bonds. The number of nitrogens with one attached hydrogen (secondary N) is 1. The molecule has 102 valence electrons. The first-order valence-electron chi connectivity index (χ1n) is 6.89. The van der Waals surface area contributed by atoms with Gasteiger partial charge >= 0.3 is 0 Å². The minimum absolute atomic E-state index is 0.231. The summed E-state index contributed by atoms with van der Waals surface area (Å²) >= 11 is 3.59. The fourth-order valence-electron chi connectivity index (χ4n) is 3.29. The molecule has 3 heteroatoms. The number of aryl methyl sites for hydroxylation is 1. The summed E-state index contributed by atoms with van der Waals surface area (Å²) in [6.07, 6.45) is 1.13. The first-order valence-corrected chi connectivity index (χ1v) is 7.69. The van der Waals surface area contributed by atoms with E-state index in [1.54, 1.807) is 0 Å². The van der Waals surface area contributed by atoms with Crippen LogP contribution < -0.4 is 5.32 Å². The van der Waals surface area contributed by atoms with Crippen LogP contribution in [0.1, 0.15) is 38.1 Å². The molecule has 1 unspecified atom stereocenters. The van der Waals surface area contributed by atoms with Crippen LogP contribution >= 0.6 is 15.9 Å². The molecule has 0 radical (unpaired) electrons. The molecule has 2 aromatic rings. The summed E-state index contributed by atoms with van der Waals surface area (Å²) in [6.45, 7) is 8.01. The van der Waals surface area contributed by atoms with Crippen LogP contribution in [0.25, 0.3) is 10.9 Å². The lowest BCUT2D eigenvalue weighted by Crippen LogP contribution is -2.38. The Hall–Kier alpha value is -0.800. The number of fused-ring (bicyclic) bond motifs is 3. The second-order valence-electron chi connectivity index (χ2n) is 6.59. The largest absolute Gasteiger partial charge is 0.346 e. The van der Waals surface area contributed by atoms with E-state index in [9.17, 15) is 0 Å². The van der Waals surface area contributed by atoms with Crippen molar-refractivity contribution in [2.24, 2.45) is 12.5 Å². The molecule has 2 heterocycles. The molecule has 1 aliphatic rings. The van der Waals surface area contributed by atoms with Gasteiger partial charge in [0.2, 0.25) is 0 Å². The molecule has 1 aromatic heterocycles. The van der Waals surface area contributed by atoms with Crippen molar-refractivity contribution in [3.63, 3.8) is 0 Å². The monoisotopic (exact) mass is 320 g/mol. The van der Waals surface area contributed by atoms with Gasteiger partial charge in [-0.2, -0.15) is 0 Å². The van der Waals surface area contributed by atoms with Gasteiger partial charge in [-0.3, -0.25) is 0 Å². The highest BCUT2D eigenvalue weighted by molar-refractivity contribution is 9.10. The zero-order valence-corrected chi connectivity index (χ0v) is 13.6. The van der Waals surface area contributed by atoms with Crippen LogP contribution in [-0.4, -0.2) is 11.1 Å². The summed E-state index contributed by atoms with van der Waals surface area (Å²) in [5, 5.41) is 5.11. The molecular formula is C16H21BrN2. The van der Waals surface area contributed by atoms with Crippen molar-refractivity contribution >= 4 is 26.8 Å². The van der Waals surface area contributed by atoms with Crippen molar-refractivity contribution in [3.8, 4) is 0 Å². The molecule has 1 N–H and O–H groups in total. The number of rotatable bonds is 0. The average Bonchev–Trinajstić information content (AvgIpc) is 2.62. The van der Waals surface area contributed by atoms with E-state index in [4.69, 9.17) is 0 Å². The van der Waals surface area contributed by atoms with Crippen LogP contribution in [0, 0.1) is 5.41 Å². The molecule has 3 rings (SSSR count). The van der Waals surface area contributed by atoms with Crippen molar-refractivity contribution in [3.05, 3.63) is 33.9 Å². The van der Waals surface area contributed by atoms with Crippen molar-refractivity contribution < 1.29 is 0 Å². The molecule has 0 aliphatic carbocycles. The van der Waals surface area contributed by atoms with E-state index in [1.165, 1.54) is 22.2 Å². The van der Waals surface area contributed by atoms with Crippen molar-refractivity contribution in [1.29, 1.82) is 0 Å². The Morgan fingerprint density at radius 3 is 2.74 bits per heavy atom. The Bertz CT molecular complexity index is 634. The van der Waals surface area contributed by atoms with Crippen molar-refractivity contribution in [1.82, 2.24) is 9.88 Å². The third-order valence-corrected chi connectivity index (χ3v) is 4.67. The number of aromatic nitrogens is 1. The highest BCUT2D eigenvalue weighted by atomic mass is 79.9.